The number of nitro groups is 1. The van der Waals surface area contributed by atoms with E-state index in [1.165, 1.54) is 6.07 Å². The molecule has 1 aliphatic heterocycles. The van der Waals surface area contributed by atoms with Gasteiger partial charge >= 0.3 is 0 Å². The molecular weight excluding hydrogens is 250 g/mol. The minimum atomic E-state index is -0.400. The fourth-order valence-corrected chi connectivity index (χ4v) is 2.10. The number of nitrogens with zero attached hydrogens (tertiary/aromatic N) is 2. The summed E-state index contributed by atoms with van der Waals surface area (Å²) in [6.45, 7) is 4.01. The molecule has 1 aromatic rings. The zero-order chi connectivity index (χ0) is 13.8. The second kappa shape index (κ2) is 5.66. The zero-order valence-corrected chi connectivity index (χ0v) is 10.6. The minimum absolute atomic E-state index is 0.0517. The number of hydrogen-bond acceptors (Lipinski definition) is 5. The second-order valence-electron chi connectivity index (χ2n) is 4.27. The summed E-state index contributed by atoms with van der Waals surface area (Å²) >= 11 is 0. The average Bonchev–Trinajstić information content (AvgIpc) is 2.41. The highest BCUT2D eigenvalue weighted by Gasteiger charge is 2.23. The number of hydrogen-bond donors (Lipinski definition) is 1. The SMILES string of the molecule is Cc1cc([N+](=O)[O-])c(N2CCOCC2)cc1NC=O. The van der Waals surface area contributed by atoms with E-state index in [0.717, 1.165) is 0 Å². The number of benzene rings is 1. The summed E-state index contributed by atoms with van der Waals surface area (Å²) in [5, 5.41) is 13.7. The van der Waals surface area contributed by atoms with Gasteiger partial charge in [-0.1, -0.05) is 0 Å². The van der Waals surface area contributed by atoms with Gasteiger partial charge in [0, 0.05) is 24.8 Å². The smallest absolute Gasteiger partial charge is 0.292 e. The van der Waals surface area contributed by atoms with E-state index in [2.05, 4.69) is 5.32 Å². The maximum atomic E-state index is 11.1. The Labute approximate surface area is 110 Å². The van der Waals surface area contributed by atoms with Crippen LogP contribution in [0.2, 0.25) is 0 Å². The summed E-state index contributed by atoms with van der Waals surface area (Å²) < 4.78 is 5.24. The molecule has 7 heteroatoms. The van der Waals surface area contributed by atoms with Crippen LogP contribution in [0, 0.1) is 17.0 Å². The van der Waals surface area contributed by atoms with Crippen molar-refractivity contribution in [3.05, 3.63) is 27.8 Å². The largest absolute Gasteiger partial charge is 0.378 e. The van der Waals surface area contributed by atoms with Crippen LogP contribution in [0.1, 0.15) is 5.56 Å². The predicted molar refractivity (Wildman–Crippen MR) is 70.6 cm³/mol. The number of carbonyl (C=O) groups excluding carboxylic acids is 1. The number of nitro benzene ring substituents is 1. The molecule has 0 aliphatic carbocycles. The second-order valence-corrected chi connectivity index (χ2v) is 4.27. The monoisotopic (exact) mass is 265 g/mol. The molecule has 0 spiro atoms. The Morgan fingerprint density at radius 3 is 2.68 bits per heavy atom. The number of ether oxygens (including phenoxy) is 1. The molecule has 0 unspecified atom stereocenters. The topological polar surface area (TPSA) is 84.7 Å². The molecule has 0 atom stereocenters. The molecule has 2 rings (SSSR count). The molecule has 7 nitrogen and oxygen atoms in total. The van der Waals surface area contributed by atoms with E-state index in [1.807, 2.05) is 4.90 Å². The summed E-state index contributed by atoms with van der Waals surface area (Å²) in [4.78, 5) is 23.2. The molecule has 0 saturated carbocycles. The molecule has 1 N–H and O–H groups in total. The molecule has 1 fully saturated rings. The van der Waals surface area contributed by atoms with Crippen molar-refractivity contribution >= 4 is 23.5 Å². The van der Waals surface area contributed by atoms with Crippen LogP contribution in [0.5, 0.6) is 0 Å². The van der Waals surface area contributed by atoms with Crippen LogP contribution in [0.25, 0.3) is 0 Å². The highest BCUT2D eigenvalue weighted by molar-refractivity contribution is 5.80. The van der Waals surface area contributed by atoms with Crippen LogP contribution in [0.4, 0.5) is 17.1 Å². The summed E-state index contributed by atoms with van der Waals surface area (Å²) in [5.74, 6) is 0. The van der Waals surface area contributed by atoms with Gasteiger partial charge < -0.3 is 15.0 Å². The number of rotatable bonds is 4. The zero-order valence-electron chi connectivity index (χ0n) is 10.6. The van der Waals surface area contributed by atoms with Gasteiger partial charge in [-0.05, 0) is 18.6 Å². The van der Waals surface area contributed by atoms with Crippen LogP contribution in [0.15, 0.2) is 12.1 Å². The van der Waals surface area contributed by atoms with E-state index in [0.29, 0.717) is 49.7 Å². The van der Waals surface area contributed by atoms with Crippen molar-refractivity contribution in [3.8, 4) is 0 Å². The molecular formula is C12H15N3O4. The molecule has 1 aliphatic rings. The fourth-order valence-electron chi connectivity index (χ4n) is 2.10. The molecule has 0 aromatic heterocycles. The lowest BCUT2D eigenvalue weighted by Gasteiger charge is -2.29. The standard InChI is InChI=1S/C12H15N3O4/c1-9-6-12(15(17)18)11(7-10(9)13-8-16)14-2-4-19-5-3-14/h6-8H,2-5H2,1H3,(H,13,16). The predicted octanol–water partition coefficient (Wildman–Crippen LogP) is 1.31. The van der Waals surface area contributed by atoms with Gasteiger partial charge in [-0.2, -0.15) is 0 Å². The summed E-state index contributed by atoms with van der Waals surface area (Å²) in [5.41, 5.74) is 1.82. The number of aryl methyl sites for hydroxylation is 1. The summed E-state index contributed by atoms with van der Waals surface area (Å²) in [6.07, 6.45) is 0.567. The van der Waals surface area contributed by atoms with Crippen LogP contribution in [-0.2, 0) is 9.53 Å². The van der Waals surface area contributed by atoms with Crippen LogP contribution < -0.4 is 10.2 Å². The van der Waals surface area contributed by atoms with Crippen LogP contribution >= 0.6 is 0 Å². The van der Waals surface area contributed by atoms with Gasteiger partial charge in [0.25, 0.3) is 5.69 Å². The van der Waals surface area contributed by atoms with Crippen molar-refractivity contribution in [2.45, 2.75) is 6.92 Å². The maximum Gasteiger partial charge on any atom is 0.292 e. The quantitative estimate of drug-likeness (QED) is 0.504. The Kier molecular flexibility index (Phi) is 3.96. The number of nitrogens with one attached hydrogen (secondary N) is 1. The maximum absolute atomic E-state index is 11.1. The molecule has 1 amide bonds. The van der Waals surface area contributed by atoms with Crippen molar-refractivity contribution < 1.29 is 14.5 Å². The molecule has 19 heavy (non-hydrogen) atoms. The Bertz CT molecular complexity index is 498. The molecule has 0 radical (unpaired) electrons. The fraction of sp³-hybridized carbons (Fsp3) is 0.417. The van der Waals surface area contributed by atoms with E-state index in [-0.39, 0.29) is 5.69 Å². The number of morpholine rings is 1. The Morgan fingerprint density at radius 1 is 1.42 bits per heavy atom. The molecule has 1 saturated heterocycles. The molecule has 1 heterocycles. The van der Waals surface area contributed by atoms with Crippen molar-refractivity contribution in [1.82, 2.24) is 0 Å². The lowest BCUT2D eigenvalue weighted by atomic mass is 10.1. The van der Waals surface area contributed by atoms with Crippen molar-refractivity contribution in [2.75, 3.05) is 36.5 Å². The lowest BCUT2D eigenvalue weighted by Crippen LogP contribution is -2.36. The third-order valence-electron chi connectivity index (χ3n) is 3.08. The first-order chi connectivity index (χ1) is 9.13. The molecule has 0 bridgehead atoms. The Morgan fingerprint density at radius 2 is 2.11 bits per heavy atom. The van der Waals surface area contributed by atoms with Gasteiger partial charge in [0.1, 0.15) is 5.69 Å². The van der Waals surface area contributed by atoms with Crippen molar-refractivity contribution in [1.29, 1.82) is 0 Å². The van der Waals surface area contributed by atoms with E-state index in [9.17, 15) is 14.9 Å². The number of anilines is 2. The Balaban J connectivity index is 2.44. The minimum Gasteiger partial charge on any atom is -0.378 e. The molecule has 1 aromatic carbocycles. The normalized spacial score (nSPS) is 15.1. The highest BCUT2D eigenvalue weighted by atomic mass is 16.6. The van der Waals surface area contributed by atoms with Gasteiger partial charge in [-0.25, -0.2) is 0 Å². The number of carbonyl (C=O) groups is 1. The van der Waals surface area contributed by atoms with Gasteiger partial charge in [0.2, 0.25) is 6.41 Å². The van der Waals surface area contributed by atoms with E-state index in [4.69, 9.17) is 4.74 Å². The molecule has 102 valence electrons. The van der Waals surface area contributed by atoms with E-state index < -0.39 is 4.92 Å². The van der Waals surface area contributed by atoms with E-state index >= 15 is 0 Å². The van der Waals surface area contributed by atoms with Gasteiger partial charge in [0.05, 0.1) is 18.1 Å². The first kappa shape index (κ1) is 13.3. The van der Waals surface area contributed by atoms with E-state index in [1.54, 1.807) is 13.0 Å². The first-order valence-electron chi connectivity index (χ1n) is 5.95. The van der Waals surface area contributed by atoms with Crippen LogP contribution in [0.3, 0.4) is 0 Å². The Hall–Kier alpha value is -2.15. The van der Waals surface area contributed by atoms with Crippen LogP contribution in [-0.4, -0.2) is 37.6 Å². The van der Waals surface area contributed by atoms with Crippen molar-refractivity contribution in [3.63, 3.8) is 0 Å². The summed E-state index contributed by atoms with van der Waals surface area (Å²) in [7, 11) is 0. The number of amides is 1. The van der Waals surface area contributed by atoms with Gasteiger partial charge in [-0.3, -0.25) is 14.9 Å². The lowest BCUT2D eigenvalue weighted by molar-refractivity contribution is -0.384. The summed E-state index contributed by atoms with van der Waals surface area (Å²) in [6, 6.07) is 3.13. The third-order valence-corrected chi connectivity index (χ3v) is 3.08. The van der Waals surface area contributed by atoms with Gasteiger partial charge in [0.15, 0.2) is 0 Å². The first-order valence-corrected chi connectivity index (χ1v) is 5.95. The van der Waals surface area contributed by atoms with Crippen molar-refractivity contribution in [2.24, 2.45) is 0 Å². The average molecular weight is 265 g/mol. The van der Waals surface area contributed by atoms with Gasteiger partial charge in [-0.15, -0.1) is 0 Å². The third kappa shape index (κ3) is 2.82. The highest BCUT2D eigenvalue weighted by Crippen LogP contribution is 2.34.